The van der Waals surface area contributed by atoms with Crippen LogP contribution < -0.4 is 0 Å². The van der Waals surface area contributed by atoms with E-state index in [-0.39, 0.29) is 17.9 Å². The lowest BCUT2D eigenvalue weighted by molar-refractivity contribution is -0.128. The Balaban J connectivity index is 1.34. The van der Waals surface area contributed by atoms with Crippen molar-refractivity contribution in [3.63, 3.8) is 0 Å². The van der Waals surface area contributed by atoms with Crippen molar-refractivity contribution in [2.24, 2.45) is 0 Å². The zero-order valence-corrected chi connectivity index (χ0v) is 13.4. The van der Waals surface area contributed by atoms with Crippen molar-refractivity contribution in [2.45, 2.75) is 25.4 Å². The Labute approximate surface area is 137 Å². The van der Waals surface area contributed by atoms with Gasteiger partial charge in [-0.15, -0.1) is 16.4 Å². The number of likely N-dealkylation sites (tertiary alicyclic amines) is 2. The van der Waals surface area contributed by atoms with Crippen molar-refractivity contribution in [1.29, 1.82) is 0 Å². The van der Waals surface area contributed by atoms with Gasteiger partial charge >= 0.3 is 0 Å². The highest BCUT2D eigenvalue weighted by atomic mass is 32.1. The van der Waals surface area contributed by atoms with Gasteiger partial charge in [0.15, 0.2) is 0 Å². The highest BCUT2D eigenvalue weighted by Gasteiger charge is 2.33. The van der Waals surface area contributed by atoms with E-state index < -0.39 is 0 Å². The Hall–Kier alpha value is -2.22. The first kappa shape index (κ1) is 14.4. The first-order valence-corrected chi connectivity index (χ1v) is 8.60. The van der Waals surface area contributed by atoms with Gasteiger partial charge in [0.05, 0.1) is 23.7 Å². The van der Waals surface area contributed by atoms with Crippen LogP contribution in [0.25, 0.3) is 0 Å². The minimum atomic E-state index is 0.0826. The van der Waals surface area contributed by atoms with Gasteiger partial charge < -0.3 is 9.80 Å². The Kier molecular flexibility index (Phi) is 3.60. The van der Waals surface area contributed by atoms with Gasteiger partial charge in [0.1, 0.15) is 5.69 Å². The van der Waals surface area contributed by atoms with Gasteiger partial charge in [0, 0.05) is 26.1 Å². The standard InChI is InChI=1S/C15H17N5O2S/c21-14-4-1-5-18(14)7-11-8-20(17-16-11)12-9-19(10-12)15(22)13-3-2-6-23-13/h2-3,6,8,12H,1,4-5,7,9-10H2. The molecule has 2 aliphatic heterocycles. The van der Waals surface area contributed by atoms with Gasteiger partial charge in [-0.2, -0.15) is 0 Å². The largest absolute Gasteiger partial charge is 0.337 e. The van der Waals surface area contributed by atoms with E-state index in [1.54, 1.807) is 0 Å². The predicted octanol–water partition coefficient (Wildman–Crippen LogP) is 1.16. The topological polar surface area (TPSA) is 71.3 Å². The number of nitrogens with zero attached hydrogens (tertiary/aromatic N) is 5. The molecule has 0 aliphatic carbocycles. The van der Waals surface area contributed by atoms with Crippen LogP contribution in [-0.2, 0) is 11.3 Å². The number of carbonyl (C=O) groups excluding carboxylic acids is 2. The molecule has 4 heterocycles. The van der Waals surface area contributed by atoms with E-state index in [0.717, 1.165) is 23.5 Å². The van der Waals surface area contributed by atoms with Crippen LogP contribution in [0.15, 0.2) is 23.7 Å². The molecular formula is C15H17N5O2S. The van der Waals surface area contributed by atoms with Crippen LogP contribution in [0.5, 0.6) is 0 Å². The average molecular weight is 331 g/mol. The summed E-state index contributed by atoms with van der Waals surface area (Å²) in [5.41, 5.74) is 0.809. The molecule has 0 N–H and O–H groups in total. The van der Waals surface area contributed by atoms with E-state index in [1.807, 2.05) is 38.2 Å². The lowest BCUT2D eigenvalue weighted by Crippen LogP contribution is -2.50. The summed E-state index contributed by atoms with van der Waals surface area (Å²) in [4.78, 5) is 28.2. The zero-order chi connectivity index (χ0) is 15.8. The Morgan fingerprint density at radius 2 is 2.26 bits per heavy atom. The fraction of sp³-hybridized carbons (Fsp3) is 0.467. The Bertz CT molecular complexity index is 720. The lowest BCUT2D eigenvalue weighted by Gasteiger charge is -2.38. The maximum absolute atomic E-state index is 12.2. The van der Waals surface area contributed by atoms with Gasteiger partial charge in [-0.05, 0) is 17.9 Å². The smallest absolute Gasteiger partial charge is 0.264 e. The molecule has 0 bridgehead atoms. The van der Waals surface area contributed by atoms with Crippen molar-refractivity contribution < 1.29 is 9.59 Å². The summed E-state index contributed by atoms with van der Waals surface area (Å²) in [6.45, 7) is 2.64. The number of amides is 2. The molecule has 2 amide bonds. The molecule has 120 valence electrons. The second-order valence-corrected chi connectivity index (χ2v) is 6.90. The van der Waals surface area contributed by atoms with E-state index in [1.165, 1.54) is 11.3 Å². The first-order chi connectivity index (χ1) is 11.2. The molecule has 2 saturated heterocycles. The normalized spacial score (nSPS) is 18.5. The second-order valence-electron chi connectivity index (χ2n) is 5.95. The second kappa shape index (κ2) is 5.77. The van der Waals surface area contributed by atoms with Crippen LogP contribution in [0.2, 0.25) is 0 Å². The fourth-order valence-corrected chi connectivity index (χ4v) is 3.67. The van der Waals surface area contributed by atoms with Gasteiger partial charge in [-0.3, -0.25) is 9.59 Å². The highest BCUT2D eigenvalue weighted by molar-refractivity contribution is 7.12. The van der Waals surface area contributed by atoms with Crippen LogP contribution in [0.4, 0.5) is 0 Å². The van der Waals surface area contributed by atoms with Gasteiger partial charge in [-0.1, -0.05) is 11.3 Å². The van der Waals surface area contributed by atoms with Crippen LogP contribution in [0.3, 0.4) is 0 Å². The molecule has 0 radical (unpaired) electrons. The highest BCUT2D eigenvalue weighted by Crippen LogP contribution is 2.24. The summed E-state index contributed by atoms with van der Waals surface area (Å²) in [5.74, 6) is 0.273. The maximum Gasteiger partial charge on any atom is 0.264 e. The monoisotopic (exact) mass is 331 g/mol. The number of hydrogen-bond acceptors (Lipinski definition) is 5. The third kappa shape index (κ3) is 2.74. The number of hydrogen-bond donors (Lipinski definition) is 0. The molecule has 0 atom stereocenters. The molecule has 2 aromatic rings. The van der Waals surface area contributed by atoms with E-state index in [2.05, 4.69) is 10.3 Å². The molecular weight excluding hydrogens is 314 g/mol. The quantitative estimate of drug-likeness (QED) is 0.843. The van der Waals surface area contributed by atoms with Crippen LogP contribution >= 0.6 is 11.3 Å². The molecule has 0 saturated carbocycles. The molecule has 2 fully saturated rings. The van der Waals surface area contributed by atoms with Crippen LogP contribution in [-0.4, -0.2) is 56.2 Å². The van der Waals surface area contributed by atoms with E-state index >= 15 is 0 Å². The number of carbonyl (C=O) groups is 2. The van der Waals surface area contributed by atoms with Gasteiger partial charge in [0.2, 0.25) is 5.91 Å². The third-order valence-corrected chi connectivity index (χ3v) is 5.20. The van der Waals surface area contributed by atoms with Crippen molar-refractivity contribution in [1.82, 2.24) is 24.8 Å². The first-order valence-electron chi connectivity index (χ1n) is 7.72. The van der Waals surface area contributed by atoms with Crippen molar-refractivity contribution >= 4 is 23.2 Å². The van der Waals surface area contributed by atoms with Crippen molar-refractivity contribution in [3.8, 4) is 0 Å². The molecule has 0 aromatic carbocycles. The number of thiophene rings is 1. The molecule has 2 aromatic heterocycles. The predicted molar refractivity (Wildman–Crippen MR) is 83.9 cm³/mol. The fourth-order valence-electron chi connectivity index (χ4n) is 2.98. The number of rotatable bonds is 4. The summed E-state index contributed by atoms with van der Waals surface area (Å²) in [6, 6.07) is 3.91. The summed E-state index contributed by atoms with van der Waals surface area (Å²) < 4.78 is 1.81. The molecule has 0 spiro atoms. The van der Waals surface area contributed by atoms with Crippen molar-refractivity contribution in [2.75, 3.05) is 19.6 Å². The van der Waals surface area contributed by atoms with Crippen molar-refractivity contribution in [3.05, 3.63) is 34.3 Å². The van der Waals surface area contributed by atoms with Gasteiger partial charge in [0.25, 0.3) is 5.91 Å². The summed E-state index contributed by atoms with van der Waals surface area (Å²) in [7, 11) is 0. The summed E-state index contributed by atoms with van der Waals surface area (Å²) in [6.07, 6.45) is 3.45. The lowest BCUT2D eigenvalue weighted by atomic mass is 10.1. The maximum atomic E-state index is 12.2. The SMILES string of the molecule is O=C1CCCN1Cc1cn(C2CN(C(=O)c3cccs3)C2)nn1. The summed E-state index contributed by atoms with van der Waals surface area (Å²) >= 11 is 1.46. The molecule has 23 heavy (non-hydrogen) atoms. The minimum Gasteiger partial charge on any atom is -0.337 e. The number of aromatic nitrogens is 3. The molecule has 2 aliphatic rings. The minimum absolute atomic E-state index is 0.0826. The van der Waals surface area contributed by atoms with E-state index in [9.17, 15) is 9.59 Å². The van der Waals surface area contributed by atoms with E-state index in [4.69, 9.17) is 0 Å². The Morgan fingerprint density at radius 1 is 1.39 bits per heavy atom. The van der Waals surface area contributed by atoms with Gasteiger partial charge in [-0.25, -0.2) is 4.68 Å². The molecule has 8 heteroatoms. The van der Waals surface area contributed by atoms with Crippen LogP contribution in [0.1, 0.15) is 34.2 Å². The molecule has 7 nitrogen and oxygen atoms in total. The van der Waals surface area contributed by atoms with E-state index in [0.29, 0.717) is 26.1 Å². The Morgan fingerprint density at radius 3 is 2.96 bits per heavy atom. The average Bonchev–Trinajstić information content (AvgIpc) is 3.21. The zero-order valence-electron chi connectivity index (χ0n) is 12.6. The van der Waals surface area contributed by atoms with Crippen LogP contribution in [0, 0.1) is 0 Å². The summed E-state index contributed by atoms with van der Waals surface area (Å²) in [5, 5.41) is 10.2. The molecule has 4 rings (SSSR count). The third-order valence-electron chi connectivity index (χ3n) is 4.34. The molecule has 0 unspecified atom stereocenters.